The molecule has 4 heterocycles. The highest BCUT2D eigenvalue weighted by Crippen LogP contribution is 2.63. The van der Waals surface area contributed by atoms with Gasteiger partial charge in [-0.1, -0.05) is 20.8 Å². The van der Waals surface area contributed by atoms with Gasteiger partial charge in [0.05, 0.1) is 19.6 Å². The van der Waals surface area contributed by atoms with Crippen LogP contribution in [-0.2, 0) is 19.1 Å². The Kier molecular flexibility index (Phi) is 7.08. The van der Waals surface area contributed by atoms with Crippen LogP contribution in [0.1, 0.15) is 47.0 Å². The van der Waals surface area contributed by atoms with Crippen LogP contribution in [0.4, 0.5) is 23.8 Å². The van der Waals surface area contributed by atoms with Gasteiger partial charge in [-0.3, -0.25) is 14.4 Å². The van der Waals surface area contributed by atoms with Gasteiger partial charge in [0.2, 0.25) is 17.4 Å². The number of hydrogen-bond acceptors (Lipinski definition) is 7. The molecule has 1 aromatic rings. The van der Waals surface area contributed by atoms with Crippen molar-refractivity contribution in [2.45, 2.75) is 76.9 Å². The Hall–Kier alpha value is -3.58. The van der Waals surface area contributed by atoms with Crippen LogP contribution in [0, 0.1) is 35.0 Å². The number of fused-ring (bicyclic) bond motifs is 6. The molecule has 6 rings (SSSR count). The molecule has 0 aromatic carbocycles. The minimum atomic E-state index is -4.42. The van der Waals surface area contributed by atoms with E-state index in [2.05, 4.69) is 15.6 Å². The molecule has 14 heteroatoms. The smallest absolute Gasteiger partial charge is 0.407 e. The molecule has 240 valence electrons. The number of nitrogens with one attached hydrogen (secondary N) is 2. The molecule has 1 aromatic heterocycles. The molecule has 11 nitrogen and oxygen atoms in total. The minimum absolute atomic E-state index is 0.0218. The van der Waals surface area contributed by atoms with E-state index in [9.17, 15) is 32.3 Å². The normalized spacial score (nSPS) is 34.7. The van der Waals surface area contributed by atoms with Gasteiger partial charge in [-0.25, -0.2) is 9.78 Å². The number of carbonyl (C=O) groups excluding carboxylic acids is 4. The van der Waals surface area contributed by atoms with Gasteiger partial charge in [-0.2, -0.15) is 13.2 Å². The quantitative estimate of drug-likeness (QED) is 0.530. The molecule has 5 aliphatic rings. The number of amides is 4. The third kappa shape index (κ3) is 4.75. The van der Waals surface area contributed by atoms with E-state index in [1.807, 2.05) is 0 Å². The van der Waals surface area contributed by atoms with Gasteiger partial charge in [0.15, 0.2) is 11.6 Å². The fraction of sp³-hybridized carbons (Fsp3) is 0.700. The van der Waals surface area contributed by atoms with Crippen LogP contribution in [0.2, 0.25) is 0 Å². The fourth-order valence-electron chi connectivity index (χ4n) is 8.53. The Bertz CT molecular complexity index is 1380. The number of alkyl carbamates (subject to hydrolysis) is 1. The lowest BCUT2D eigenvalue weighted by molar-refractivity contribution is -0.195. The number of anilines is 1. The number of pyridine rings is 1. The topological polar surface area (TPSA) is 130 Å². The monoisotopic (exact) mass is 621 g/mol. The molecule has 4 fully saturated rings. The highest BCUT2D eigenvalue weighted by atomic mass is 19.4. The van der Waals surface area contributed by atoms with Gasteiger partial charge in [0.1, 0.15) is 12.1 Å². The van der Waals surface area contributed by atoms with Crippen LogP contribution in [0.5, 0.6) is 5.75 Å². The molecule has 2 aliphatic carbocycles. The molecule has 3 aliphatic heterocycles. The summed E-state index contributed by atoms with van der Waals surface area (Å²) in [7, 11) is 1.17. The molecule has 44 heavy (non-hydrogen) atoms. The van der Waals surface area contributed by atoms with Crippen molar-refractivity contribution in [2.75, 3.05) is 25.5 Å². The molecule has 1 spiro atoms. The molecule has 2 bridgehead atoms. The highest BCUT2D eigenvalue weighted by molar-refractivity contribution is 6.01. The zero-order valence-electron chi connectivity index (χ0n) is 25.3. The second-order valence-corrected chi connectivity index (χ2v) is 14.1. The summed E-state index contributed by atoms with van der Waals surface area (Å²) < 4.78 is 53.5. The summed E-state index contributed by atoms with van der Waals surface area (Å²) in [5, 5.41) is 5.33. The van der Waals surface area contributed by atoms with Crippen LogP contribution in [0.15, 0.2) is 18.3 Å². The average Bonchev–Trinajstić information content (AvgIpc) is 3.70. The van der Waals surface area contributed by atoms with Crippen LogP contribution < -0.4 is 15.4 Å². The Labute approximate surface area is 253 Å². The number of ether oxygens (including phenoxy) is 2. The van der Waals surface area contributed by atoms with Gasteiger partial charge in [0, 0.05) is 25.2 Å². The first-order valence-electron chi connectivity index (χ1n) is 15.0. The van der Waals surface area contributed by atoms with E-state index in [1.165, 1.54) is 23.1 Å². The number of carbonyl (C=O) groups is 4. The maximum Gasteiger partial charge on any atom is 0.407 e. The summed E-state index contributed by atoms with van der Waals surface area (Å²) in [5.41, 5.74) is -2.22. The van der Waals surface area contributed by atoms with Gasteiger partial charge in [-0.05, 0) is 61.0 Å². The first-order chi connectivity index (χ1) is 20.6. The summed E-state index contributed by atoms with van der Waals surface area (Å²) in [6.07, 6.45) is -3.26. The average molecular weight is 622 g/mol. The van der Waals surface area contributed by atoms with Crippen LogP contribution in [-0.4, -0.2) is 88.7 Å². The van der Waals surface area contributed by atoms with Gasteiger partial charge in [-0.15, -0.1) is 0 Å². The van der Waals surface area contributed by atoms with Crippen molar-refractivity contribution in [2.24, 2.45) is 35.0 Å². The Morgan fingerprint density at radius 1 is 1.18 bits per heavy atom. The fourth-order valence-corrected chi connectivity index (χ4v) is 8.53. The molecule has 0 radical (unpaired) electrons. The summed E-state index contributed by atoms with van der Waals surface area (Å²) >= 11 is 0. The molecular formula is C30H38F3N5O6. The lowest BCUT2D eigenvalue weighted by Gasteiger charge is -2.39. The van der Waals surface area contributed by atoms with E-state index in [1.54, 1.807) is 39.8 Å². The maximum absolute atomic E-state index is 14.6. The number of alkyl halides is 3. The molecule has 2 N–H and O–H groups in total. The van der Waals surface area contributed by atoms with Crippen molar-refractivity contribution >= 4 is 29.6 Å². The molecular weight excluding hydrogens is 583 g/mol. The Morgan fingerprint density at radius 3 is 2.57 bits per heavy atom. The van der Waals surface area contributed by atoms with Crippen molar-refractivity contribution in [3.05, 3.63) is 18.3 Å². The SMILES string of the molecule is COC(=O)N[C@H](C(=O)N1C[C@@H]2[C@H]3C[C@@H]([C@@H]2[C@H]1C(=O)N1C[C@@]2(C[C@H]1C)Oc1cccnc1NC2=O)[C@H](C(F)(F)F)C3)C(C)(C)C. The zero-order valence-corrected chi connectivity index (χ0v) is 25.3. The number of aromatic nitrogens is 1. The van der Waals surface area contributed by atoms with Crippen molar-refractivity contribution in [1.82, 2.24) is 20.1 Å². The summed E-state index contributed by atoms with van der Waals surface area (Å²) in [6.45, 7) is 6.99. The van der Waals surface area contributed by atoms with E-state index in [-0.39, 0.29) is 43.6 Å². The predicted molar refractivity (Wildman–Crippen MR) is 149 cm³/mol. The van der Waals surface area contributed by atoms with Crippen molar-refractivity contribution in [1.29, 1.82) is 0 Å². The number of halogens is 3. The van der Waals surface area contributed by atoms with E-state index >= 15 is 0 Å². The van der Waals surface area contributed by atoms with Crippen LogP contribution in [0.3, 0.4) is 0 Å². The third-order valence-corrected chi connectivity index (χ3v) is 10.5. The van der Waals surface area contributed by atoms with E-state index in [4.69, 9.17) is 9.47 Å². The number of likely N-dealkylation sites (tertiary alicyclic amines) is 2. The number of hydrogen-bond donors (Lipinski definition) is 2. The molecule has 9 atom stereocenters. The van der Waals surface area contributed by atoms with Crippen molar-refractivity contribution in [3.8, 4) is 5.75 Å². The van der Waals surface area contributed by atoms with E-state index in [0.29, 0.717) is 12.2 Å². The predicted octanol–water partition coefficient (Wildman–Crippen LogP) is 3.20. The zero-order chi connectivity index (χ0) is 31.9. The summed E-state index contributed by atoms with van der Waals surface area (Å²) in [4.78, 5) is 61.4. The number of rotatable bonds is 3. The number of nitrogens with zero attached hydrogens (tertiary/aromatic N) is 3. The summed E-state index contributed by atoms with van der Waals surface area (Å²) in [6, 6.07) is 0.530. The van der Waals surface area contributed by atoms with Crippen LogP contribution in [0.25, 0.3) is 0 Å². The molecule has 2 saturated carbocycles. The Balaban J connectivity index is 1.35. The second-order valence-electron chi connectivity index (χ2n) is 14.1. The lowest BCUT2D eigenvalue weighted by atomic mass is 9.72. The van der Waals surface area contributed by atoms with Gasteiger partial charge >= 0.3 is 12.3 Å². The second kappa shape index (κ2) is 10.2. The van der Waals surface area contributed by atoms with E-state index < -0.39 is 76.9 Å². The van der Waals surface area contributed by atoms with Crippen molar-refractivity contribution < 1.29 is 41.8 Å². The highest BCUT2D eigenvalue weighted by Gasteiger charge is 2.68. The van der Waals surface area contributed by atoms with Crippen LogP contribution >= 0.6 is 0 Å². The minimum Gasteiger partial charge on any atom is -0.472 e. The third-order valence-electron chi connectivity index (χ3n) is 10.5. The first kappa shape index (κ1) is 30.4. The largest absolute Gasteiger partial charge is 0.472 e. The lowest BCUT2D eigenvalue weighted by Crippen LogP contribution is -2.60. The number of methoxy groups -OCH3 is 1. The first-order valence-corrected chi connectivity index (χ1v) is 15.0. The van der Waals surface area contributed by atoms with E-state index in [0.717, 1.165) is 0 Å². The van der Waals surface area contributed by atoms with Gasteiger partial charge < -0.3 is 29.9 Å². The molecule has 4 amide bonds. The Morgan fingerprint density at radius 2 is 1.91 bits per heavy atom. The molecule has 2 saturated heterocycles. The summed E-state index contributed by atoms with van der Waals surface area (Å²) in [5.74, 6) is -4.52. The standard InChI is InChI=1S/C30H38F3N5O6/c1-14-11-29(26(41)36-23-19(44-29)7-6-8-34-23)13-38(14)24(39)21-20-16-9-15(10-18(16)30(31,32)33)17(20)12-37(21)25(40)22(28(2,3)4)35-27(42)43-5/h6-8,14-18,20-22H,9-13H2,1-5H3,(H,35,42)(H,34,36,41)/t14-,15+,16-,17-,18-,20+,21+,22-,29-/m1/s1. The van der Waals surface area contributed by atoms with Gasteiger partial charge in [0.25, 0.3) is 5.91 Å². The maximum atomic E-state index is 14.6. The molecule has 0 unspecified atom stereocenters. The van der Waals surface area contributed by atoms with Crippen molar-refractivity contribution in [3.63, 3.8) is 0 Å².